The van der Waals surface area contributed by atoms with Crippen LogP contribution < -0.4 is 0 Å². The second kappa shape index (κ2) is 6.72. The van der Waals surface area contributed by atoms with Gasteiger partial charge in [-0.3, -0.25) is 0 Å². The van der Waals surface area contributed by atoms with E-state index in [-0.39, 0.29) is 5.73 Å². The van der Waals surface area contributed by atoms with E-state index in [0.29, 0.717) is 0 Å². The van der Waals surface area contributed by atoms with Crippen LogP contribution in [0.2, 0.25) is 39.3 Å². The zero-order chi connectivity index (χ0) is 16.4. The molecule has 0 spiro atoms. The molecule has 2 atom stereocenters. The van der Waals surface area contributed by atoms with Crippen LogP contribution in [0.5, 0.6) is 0 Å². The highest BCUT2D eigenvalue weighted by Crippen LogP contribution is 2.34. The molecule has 2 N–H and O–H groups in total. The molecule has 0 bridgehead atoms. The molecule has 0 saturated carbocycles. The van der Waals surface area contributed by atoms with Crippen molar-refractivity contribution in [3.63, 3.8) is 0 Å². The Morgan fingerprint density at radius 3 is 1.70 bits per heavy atom. The van der Waals surface area contributed by atoms with Crippen molar-refractivity contribution < 1.29 is 18.4 Å². The molecule has 0 radical (unpaired) electrons. The Bertz CT molecular complexity index is 310. The topological polar surface area (TPSA) is 58.9 Å². The largest absolute Gasteiger partial charge is 0.430 e. The van der Waals surface area contributed by atoms with Crippen molar-refractivity contribution in [1.29, 1.82) is 0 Å². The minimum absolute atomic E-state index is 0.0814. The summed E-state index contributed by atoms with van der Waals surface area (Å²) in [7, 11) is -7.20. The molecule has 0 saturated heterocycles. The molecule has 0 fully saturated rings. The van der Waals surface area contributed by atoms with Crippen molar-refractivity contribution in [2.24, 2.45) is 0 Å². The van der Waals surface area contributed by atoms with Gasteiger partial charge in [0, 0.05) is 0 Å². The Hall–Kier alpha value is 0.491. The molecule has 0 aliphatic rings. The molecule has 4 nitrogen and oxygen atoms in total. The highest BCUT2D eigenvalue weighted by Gasteiger charge is 2.50. The van der Waals surface area contributed by atoms with Gasteiger partial charge in [-0.2, -0.15) is 0 Å². The van der Waals surface area contributed by atoms with E-state index in [1.807, 2.05) is 20.0 Å². The van der Waals surface area contributed by atoms with Crippen LogP contribution in [0.15, 0.2) is 0 Å². The van der Waals surface area contributed by atoms with E-state index in [1.165, 1.54) is 0 Å². The van der Waals surface area contributed by atoms with Gasteiger partial charge in [-0.25, -0.2) is 0 Å². The number of hydrogen-bond donors (Lipinski definition) is 2. The minimum atomic E-state index is -2.63. The summed E-state index contributed by atoms with van der Waals surface area (Å²) in [6, 6.07) is 0. The summed E-state index contributed by atoms with van der Waals surface area (Å²) in [5.41, 5.74) is -0.0814. The smallest absolute Gasteiger partial charge is 0.329 e. The number of rotatable bonds is 8. The van der Waals surface area contributed by atoms with E-state index in [2.05, 4.69) is 26.9 Å². The fourth-order valence-electron chi connectivity index (χ4n) is 2.38. The molecule has 0 amide bonds. The predicted octanol–water partition coefficient (Wildman–Crippen LogP) is 3.14. The zero-order valence-corrected chi connectivity index (χ0v) is 17.7. The van der Waals surface area contributed by atoms with Crippen molar-refractivity contribution in [2.45, 2.75) is 83.8 Å². The predicted molar refractivity (Wildman–Crippen MR) is 91.8 cm³/mol. The lowest BCUT2D eigenvalue weighted by molar-refractivity contribution is 0.0815. The Morgan fingerprint density at radius 1 is 1.00 bits per heavy atom. The van der Waals surface area contributed by atoms with E-state index in [1.54, 1.807) is 13.1 Å². The Kier molecular flexibility index (Phi) is 6.88. The van der Waals surface area contributed by atoms with Gasteiger partial charge in [-0.15, -0.1) is 0 Å². The highest BCUT2D eigenvalue weighted by atomic mass is 28.4. The van der Waals surface area contributed by atoms with Crippen LogP contribution in [0, 0.1) is 0 Å². The van der Waals surface area contributed by atoms with Gasteiger partial charge in [0.25, 0.3) is 0 Å². The van der Waals surface area contributed by atoms with Gasteiger partial charge in [-0.05, 0) is 59.0 Å². The fraction of sp³-hybridized carbons (Fsp3) is 1.00. The van der Waals surface area contributed by atoms with E-state index >= 15 is 0 Å². The van der Waals surface area contributed by atoms with Gasteiger partial charge in [0.05, 0.1) is 11.0 Å². The maximum atomic E-state index is 10.4. The van der Waals surface area contributed by atoms with Gasteiger partial charge >= 0.3 is 8.56 Å². The van der Waals surface area contributed by atoms with Gasteiger partial charge in [0.1, 0.15) is 0 Å². The summed E-state index contributed by atoms with van der Waals surface area (Å²) in [6.45, 7) is 17.8. The standard InChI is InChI=1S/C13H34O4Si3/c1-10-12(18(4,5)14)16-19(6,7)13(3,11-2)17-20(8,9)15/h12,14-15H,10-11H2,1-9H3/t12?,13-/m1/s1. The van der Waals surface area contributed by atoms with Gasteiger partial charge in [0.15, 0.2) is 0 Å². The molecule has 0 aromatic rings. The molecule has 0 aliphatic heterocycles. The third-order valence-electron chi connectivity index (χ3n) is 4.02. The van der Waals surface area contributed by atoms with E-state index < -0.39 is 30.4 Å². The van der Waals surface area contributed by atoms with Crippen molar-refractivity contribution in [1.82, 2.24) is 0 Å². The first-order chi connectivity index (χ1) is 8.68. The Labute approximate surface area is 128 Å². The fourth-order valence-corrected chi connectivity index (χ4v) is 10.4. The van der Waals surface area contributed by atoms with Gasteiger partial charge < -0.3 is 18.4 Å². The number of hydrogen-bond acceptors (Lipinski definition) is 4. The third-order valence-corrected chi connectivity index (χ3v) is 11.4. The summed E-state index contributed by atoms with van der Waals surface area (Å²) in [4.78, 5) is 20.5. The molecule has 1 unspecified atom stereocenters. The van der Waals surface area contributed by atoms with Crippen LogP contribution in [-0.2, 0) is 8.85 Å². The van der Waals surface area contributed by atoms with Crippen molar-refractivity contribution in [3.05, 3.63) is 0 Å². The summed E-state index contributed by atoms with van der Waals surface area (Å²) < 4.78 is 12.5. The van der Waals surface area contributed by atoms with Crippen molar-refractivity contribution in [2.75, 3.05) is 0 Å². The molecule has 0 heterocycles. The lowest BCUT2D eigenvalue weighted by atomic mass is 10.3. The molecule has 0 aromatic carbocycles. The first-order valence-electron chi connectivity index (χ1n) is 7.51. The highest BCUT2D eigenvalue weighted by molar-refractivity contribution is 6.78. The van der Waals surface area contributed by atoms with Crippen LogP contribution in [0.4, 0.5) is 0 Å². The average Bonchev–Trinajstić information content (AvgIpc) is 2.21. The van der Waals surface area contributed by atoms with Crippen LogP contribution >= 0.6 is 0 Å². The van der Waals surface area contributed by atoms with Crippen LogP contribution in [0.1, 0.15) is 33.6 Å². The molecule has 7 heteroatoms. The molecule has 122 valence electrons. The monoisotopic (exact) mass is 338 g/mol. The second-order valence-electron chi connectivity index (χ2n) is 7.31. The second-order valence-corrected chi connectivity index (χ2v) is 18.7. The maximum Gasteiger partial charge on any atom is 0.329 e. The first kappa shape index (κ1) is 20.5. The minimum Gasteiger partial charge on any atom is -0.430 e. The van der Waals surface area contributed by atoms with Gasteiger partial charge in [0.2, 0.25) is 16.6 Å². The summed E-state index contributed by atoms with van der Waals surface area (Å²) in [5, 5.41) is -0.440. The molecular weight excluding hydrogens is 304 g/mol. The summed E-state index contributed by atoms with van der Waals surface area (Å²) in [5.74, 6) is 0. The lowest BCUT2D eigenvalue weighted by Gasteiger charge is -2.47. The molecular formula is C13H34O4Si3. The SMILES string of the molecule is CCC(O[Si](C)(C)[C@](C)(CC)O[Si](C)(C)O)[Si](C)(C)O. The van der Waals surface area contributed by atoms with Crippen molar-refractivity contribution in [3.8, 4) is 0 Å². The van der Waals surface area contributed by atoms with Crippen LogP contribution in [0.3, 0.4) is 0 Å². The molecule has 0 aliphatic carbocycles. The summed E-state index contributed by atoms with van der Waals surface area (Å²) >= 11 is 0. The van der Waals surface area contributed by atoms with Crippen LogP contribution in [-0.4, -0.2) is 45.7 Å². The van der Waals surface area contributed by atoms with Crippen molar-refractivity contribution >= 4 is 25.2 Å². The Morgan fingerprint density at radius 2 is 1.45 bits per heavy atom. The zero-order valence-electron chi connectivity index (χ0n) is 14.7. The molecule has 20 heavy (non-hydrogen) atoms. The normalized spacial score (nSPS) is 18.8. The lowest BCUT2D eigenvalue weighted by Crippen LogP contribution is -2.63. The first-order valence-corrected chi connectivity index (χ1v) is 16.3. The average molecular weight is 339 g/mol. The summed E-state index contributed by atoms with van der Waals surface area (Å²) in [6.07, 6.45) is 1.61. The quantitative estimate of drug-likeness (QED) is 0.668. The van der Waals surface area contributed by atoms with Gasteiger partial charge in [-0.1, -0.05) is 13.8 Å². The maximum absolute atomic E-state index is 10.4. The van der Waals surface area contributed by atoms with Crippen LogP contribution in [0.25, 0.3) is 0 Å². The molecule has 0 rings (SSSR count). The molecule has 0 aromatic heterocycles. The Balaban J connectivity index is 5.25. The van der Waals surface area contributed by atoms with E-state index in [9.17, 15) is 9.59 Å². The third kappa shape index (κ3) is 5.70. The van der Waals surface area contributed by atoms with E-state index in [4.69, 9.17) is 8.85 Å². The van der Waals surface area contributed by atoms with E-state index in [0.717, 1.165) is 12.8 Å².